The SMILES string of the molecule is c1ccc(-c2ccc(-c3ccc(-n4c5ccccc5c5cc6c7ccccc7n(-c7cccc8c7oc7ccccc78)c6cc54)cc3)cc2)cc1. The van der Waals surface area contributed by atoms with Crippen LogP contribution in [0, 0.1) is 0 Å². The molecule has 0 N–H and O–H groups in total. The third-order valence-corrected chi connectivity index (χ3v) is 10.5. The van der Waals surface area contributed by atoms with Crippen LogP contribution in [0.4, 0.5) is 0 Å². The van der Waals surface area contributed by atoms with Crippen molar-refractivity contribution < 1.29 is 4.42 Å². The van der Waals surface area contributed by atoms with Gasteiger partial charge in [-0.3, -0.25) is 0 Å². The Labute approximate surface area is 293 Å². The lowest BCUT2D eigenvalue weighted by Crippen LogP contribution is -1.96. The lowest BCUT2D eigenvalue weighted by molar-refractivity contribution is 0.666. The van der Waals surface area contributed by atoms with Gasteiger partial charge in [0.05, 0.1) is 27.8 Å². The molecule has 0 aliphatic heterocycles. The Kier molecular flexibility index (Phi) is 5.96. The van der Waals surface area contributed by atoms with Crippen LogP contribution >= 0.6 is 0 Å². The zero-order valence-electron chi connectivity index (χ0n) is 27.6. The molecule has 3 aromatic heterocycles. The van der Waals surface area contributed by atoms with E-state index in [1.807, 2.05) is 6.07 Å². The van der Waals surface area contributed by atoms with Gasteiger partial charge in [-0.2, -0.15) is 0 Å². The van der Waals surface area contributed by atoms with Crippen molar-refractivity contribution in [2.24, 2.45) is 0 Å². The zero-order chi connectivity index (χ0) is 33.5. The van der Waals surface area contributed by atoms with Crippen molar-refractivity contribution in [3.05, 3.63) is 182 Å². The van der Waals surface area contributed by atoms with Crippen LogP contribution in [-0.2, 0) is 0 Å². The molecule has 3 heterocycles. The van der Waals surface area contributed by atoms with Crippen molar-refractivity contribution in [3.8, 4) is 33.6 Å². The molecule has 0 atom stereocenters. The third kappa shape index (κ3) is 4.19. The second-order valence-corrected chi connectivity index (χ2v) is 13.3. The van der Waals surface area contributed by atoms with E-state index in [0.29, 0.717) is 0 Å². The first-order valence-corrected chi connectivity index (χ1v) is 17.4. The maximum Gasteiger partial charge on any atom is 0.159 e. The minimum Gasteiger partial charge on any atom is -0.454 e. The van der Waals surface area contributed by atoms with E-state index < -0.39 is 0 Å². The Morgan fingerprint density at radius 2 is 0.824 bits per heavy atom. The summed E-state index contributed by atoms with van der Waals surface area (Å²) in [6, 6.07) is 65.4. The standard InChI is InChI=1S/C48H30N2O/c1-2-11-31(12-3-1)32-21-23-33(24-22-32)34-25-27-35(28-26-34)49-42-17-7-4-13-36(42)40-29-41-37-14-5-8-18-43(37)50(46(41)30-45(40)49)44-19-10-16-39-38-15-6-9-20-47(38)51-48(39)44/h1-30H. The highest BCUT2D eigenvalue weighted by Crippen LogP contribution is 2.42. The van der Waals surface area contributed by atoms with E-state index in [9.17, 15) is 0 Å². The van der Waals surface area contributed by atoms with Crippen LogP contribution in [0.15, 0.2) is 186 Å². The predicted molar refractivity (Wildman–Crippen MR) is 213 cm³/mol. The van der Waals surface area contributed by atoms with Crippen molar-refractivity contribution >= 4 is 65.6 Å². The Bertz CT molecular complexity index is 3100. The fourth-order valence-electron chi connectivity index (χ4n) is 8.17. The number of fused-ring (bicyclic) bond motifs is 9. The Balaban J connectivity index is 1.12. The fraction of sp³-hybridized carbons (Fsp3) is 0. The van der Waals surface area contributed by atoms with E-state index >= 15 is 0 Å². The summed E-state index contributed by atoms with van der Waals surface area (Å²) in [4.78, 5) is 0. The van der Waals surface area contributed by atoms with Gasteiger partial charge in [-0.25, -0.2) is 0 Å². The van der Waals surface area contributed by atoms with Gasteiger partial charge in [0.2, 0.25) is 0 Å². The molecular formula is C48H30N2O. The summed E-state index contributed by atoms with van der Waals surface area (Å²) in [5.41, 5.74) is 13.5. The van der Waals surface area contributed by atoms with Gasteiger partial charge in [0.25, 0.3) is 0 Å². The molecule has 0 saturated heterocycles. The summed E-state index contributed by atoms with van der Waals surface area (Å²) in [6.07, 6.45) is 0. The van der Waals surface area contributed by atoms with Crippen LogP contribution in [0.1, 0.15) is 0 Å². The van der Waals surface area contributed by atoms with Crippen molar-refractivity contribution in [2.75, 3.05) is 0 Å². The molecule has 0 spiro atoms. The smallest absolute Gasteiger partial charge is 0.159 e. The van der Waals surface area contributed by atoms with Crippen molar-refractivity contribution in [1.29, 1.82) is 0 Å². The number of hydrogen-bond donors (Lipinski definition) is 0. The Morgan fingerprint density at radius 1 is 0.314 bits per heavy atom. The monoisotopic (exact) mass is 650 g/mol. The second-order valence-electron chi connectivity index (χ2n) is 13.3. The summed E-state index contributed by atoms with van der Waals surface area (Å²) in [5.74, 6) is 0. The second kappa shape index (κ2) is 10.8. The van der Waals surface area contributed by atoms with Crippen LogP contribution in [0.25, 0.3) is 99.2 Å². The fourth-order valence-corrected chi connectivity index (χ4v) is 8.17. The largest absolute Gasteiger partial charge is 0.454 e. The summed E-state index contributed by atoms with van der Waals surface area (Å²) in [6.45, 7) is 0. The lowest BCUT2D eigenvalue weighted by Gasteiger charge is -2.11. The van der Waals surface area contributed by atoms with E-state index in [-0.39, 0.29) is 0 Å². The van der Waals surface area contributed by atoms with Crippen LogP contribution in [0.2, 0.25) is 0 Å². The number of furan rings is 1. The van der Waals surface area contributed by atoms with Gasteiger partial charge in [-0.15, -0.1) is 0 Å². The van der Waals surface area contributed by atoms with E-state index in [0.717, 1.165) is 44.3 Å². The molecule has 51 heavy (non-hydrogen) atoms. The highest BCUT2D eigenvalue weighted by atomic mass is 16.3. The molecule has 238 valence electrons. The van der Waals surface area contributed by atoms with Crippen LogP contribution in [0.5, 0.6) is 0 Å². The van der Waals surface area contributed by atoms with Crippen molar-refractivity contribution in [2.45, 2.75) is 0 Å². The van der Waals surface area contributed by atoms with Crippen molar-refractivity contribution in [3.63, 3.8) is 0 Å². The topological polar surface area (TPSA) is 23.0 Å². The minimum atomic E-state index is 0.898. The highest BCUT2D eigenvalue weighted by molar-refractivity contribution is 6.20. The number of nitrogens with zero attached hydrogens (tertiary/aromatic N) is 2. The third-order valence-electron chi connectivity index (χ3n) is 10.5. The Hall–Kier alpha value is -6.84. The first kappa shape index (κ1) is 28.0. The number of rotatable bonds is 4. The average Bonchev–Trinajstić information content (AvgIpc) is 3.85. The van der Waals surface area contributed by atoms with Gasteiger partial charge in [-0.05, 0) is 70.8 Å². The number of benzene rings is 8. The van der Waals surface area contributed by atoms with Gasteiger partial charge in [0.1, 0.15) is 5.58 Å². The molecule has 8 aromatic carbocycles. The normalized spacial score (nSPS) is 11.9. The quantitative estimate of drug-likeness (QED) is 0.186. The summed E-state index contributed by atoms with van der Waals surface area (Å²) < 4.78 is 11.4. The Morgan fingerprint density at radius 3 is 1.51 bits per heavy atom. The van der Waals surface area contributed by atoms with E-state index in [4.69, 9.17) is 4.42 Å². The first-order chi connectivity index (χ1) is 25.3. The molecule has 0 unspecified atom stereocenters. The molecule has 0 bridgehead atoms. The molecule has 0 radical (unpaired) electrons. The predicted octanol–water partition coefficient (Wildman–Crippen LogP) is 13.1. The lowest BCUT2D eigenvalue weighted by atomic mass is 10.0. The zero-order valence-corrected chi connectivity index (χ0v) is 27.6. The molecule has 11 rings (SSSR count). The molecule has 3 heteroatoms. The highest BCUT2D eigenvalue weighted by Gasteiger charge is 2.20. The molecule has 0 amide bonds. The summed E-state index contributed by atoms with van der Waals surface area (Å²) in [5, 5.41) is 7.19. The van der Waals surface area contributed by atoms with Gasteiger partial charge in [0.15, 0.2) is 5.58 Å². The van der Waals surface area contributed by atoms with E-state index in [1.165, 1.54) is 54.8 Å². The van der Waals surface area contributed by atoms with Gasteiger partial charge >= 0.3 is 0 Å². The number of para-hydroxylation sites is 4. The van der Waals surface area contributed by atoms with Gasteiger partial charge < -0.3 is 13.6 Å². The molecular weight excluding hydrogens is 621 g/mol. The maximum atomic E-state index is 6.58. The molecule has 3 nitrogen and oxygen atoms in total. The average molecular weight is 651 g/mol. The van der Waals surface area contributed by atoms with Crippen molar-refractivity contribution in [1.82, 2.24) is 9.13 Å². The molecule has 0 aliphatic rings. The van der Waals surface area contributed by atoms with Gasteiger partial charge in [0, 0.05) is 38.0 Å². The molecule has 11 aromatic rings. The summed E-state index contributed by atoms with van der Waals surface area (Å²) in [7, 11) is 0. The molecule has 0 fully saturated rings. The van der Waals surface area contributed by atoms with E-state index in [1.54, 1.807) is 0 Å². The number of hydrogen-bond acceptors (Lipinski definition) is 1. The van der Waals surface area contributed by atoms with Crippen LogP contribution in [0.3, 0.4) is 0 Å². The van der Waals surface area contributed by atoms with Gasteiger partial charge in [-0.1, -0.05) is 133 Å². The molecule has 0 saturated carbocycles. The van der Waals surface area contributed by atoms with E-state index in [2.05, 4.69) is 185 Å². The van der Waals surface area contributed by atoms with Crippen LogP contribution < -0.4 is 0 Å². The first-order valence-electron chi connectivity index (χ1n) is 17.4. The summed E-state index contributed by atoms with van der Waals surface area (Å²) >= 11 is 0. The molecule has 0 aliphatic carbocycles. The maximum absolute atomic E-state index is 6.58. The minimum absolute atomic E-state index is 0.898. The van der Waals surface area contributed by atoms with Crippen LogP contribution in [-0.4, -0.2) is 9.13 Å². The number of aromatic nitrogens is 2.